The third kappa shape index (κ3) is 2.40. The first-order valence-electron chi connectivity index (χ1n) is 7.34. The van der Waals surface area contributed by atoms with Crippen LogP contribution in [-0.4, -0.2) is 15.9 Å². The van der Waals surface area contributed by atoms with E-state index in [1.54, 1.807) is 13.0 Å². The van der Waals surface area contributed by atoms with Gasteiger partial charge in [-0.05, 0) is 49.6 Å². The first-order chi connectivity index (χ1) is 10.3. The minimum absolute atomic E-state index is 0.0975. The molecule has 3 rings (SSSR count). The van der Waals surface area contributed by atoms with E-state index in [0.29, 0.717) is 10.6 Å². The summed E-state index contributed by atoms with van der Waals surface area (Å²) in [6.07, 6.45) is 1.61. The number of hydrogen-bond acceptors (Lipinski definition) is 3. The number of benzene rings is 1. The van der Waals surface area contributed by atoms with Gasteiger partial charge in [0.2, 0.25) is 0 Å². The molecule has 0 radical (unpaired) electrons. The number of ketones is 1. The van der Waals surface area contributed by atoms with Gasteiger partial charge in [-0.2, -0.15) is 0 Å². The van der Waals surface area contributed by atoms with Crippen LogP contribution in [0.15, 0.2) is 24.3 Å². The summed E-state index contributed by atoms with van der Waals surface area (Å²) in [6.45, 7) is 5.76. The predicted molar refractivity (Wildman–Crippen MR) is 87.5 cm³/mol. The first-order valence-corrected chi connectivity index (χ1v) is 7.71. The highest BCUT2D eigenvalue weighted by molar-refractivity contribution is 6.32. The van der Waals surface area contributed by atoms with Gasteiger partial charge in [0.15, 0.2) is 5.78 Å². The molecule has 0 bridgehead atoms. The average Bonchev–Trinajstić information content (AvgIpc) is 2.48. The van der Waals surface area contributed by atoms with Crippen molar-refractivity contribution in [3.8, 4) is 17.0 Å². The van der Waals surface area contributed by atoms with E-state index >= 15 is 0 Å². The minimum Gasteiger partial charge on any atom is -0.506 e. The van der Waals surface area contributed by atoms with Crippen molar-refractivity contribution >= 4 is 17.4 Å². The molecule has 22 heavy (non-hydrogen) atoms. The molecule has 1 heterocycles. The van der Waals surface area contributed by atoms with Crippen molar-refractivity contribution in [1.29, 1.82) is 0 Å². The van der Waals surface area contributed by atoms with E-state index in [1.165, 1.54) is 0 Å². The maximum absolute atomic E-state index is 12.4. The average molecular weight is 316 g/mol. The summed E-state index contributed by atoms with van der Waals surface area (Å²) in [4.78, 5) is 17.1. The van der Waals surface area contributed by atoms with Gasteiger partial charge in [0, 0.05) is 16.5 Å². The normalized spacial score (nSPS) is 16.5. The number of Topliss-reactive ketones (excluding diaryl/α,β-unsaturated/α-hetero) is 1. The van der Waals surface area contributed by atoms with Crippen LogP contribution in [0.25, 0.3) is 11.3 Å². The summed E-state index contributed by atoms with van der Waals surface area (Å²) in [5.74, 6) is 0.257. The number of fused-ring (bicyclic) bond motifs is 1. The van der Waals surface area contributed by atoms with Crippen molar-refractivity contribution in [1.82, 2.24) is 4.98 Å². The lowest BCUT2D eigenvalue weighted by Gasteiger charge is -2.29. The van der Waals surface area contributed by atoms with Gasteiger partial charge in [0.05, 0.1) is 16.4 Å². The topological polar surface area (TPSA) is 50.2 Å². The molecule has 1 aliphatic carbocycles. The largest absolute Gasteiger partial charge is 0.506 e. The Labute approximate surface area is 135 Å². The number of pyridine rings is 1. The summed E-state index contributed by atoms with van der Waals surface area (Å²) in [7, 11) is 0. The summed E-state index contributed by atoms with van der Waals surface area (Å²) >= 11 is 6.04. The van der Waals surface area contributed by atoms with Crippen LogP contribution >= 0.6 is 11.6 Å². The van der Waals surface area contributed by atoms with E-state index in [-0.39, 0.29) is 16.9 Å². The number of phenols is 1. The van der Waals surface area contributed by atoms with E-state index in [4.69, 9.17) is 11.6 Å². The van der Waals surface area contributed by atoms with E-state index in [1.807, 2.05) is 32.0 Å². The number of rotatable bonds is 1. The Morgan fingerprint density at radius 1 is 1.27 bits per heavy atom. The Bertz CT molecular complexity index is 758. The first kappa shape index (κ1) is 15.0. The summed E-state index contributed by atoms with van der Waals surface area (Å²) in [5, 5.41) is 10.1. The Morgan fingerprint density at radius 2 is 2.00 bits per heavy atom. The third-order valence-electron chi connectivity index (χ3n) is 4.37. The monoisotopic (exact) mass is 315 g/mol. The van der Waals surface area contributed by atoms with Crippen LogP contribution in [0.4, 0.5) is 0 Å². The molecule has 1 aromatic heterocycles. The van der Waals surface area contributed by atoms with E-state index < -0.39 is 0 Å². The molecule has 0 aliphatic heterocycles. The van der Waals surface area contributed by atoms with E-state index in [0.717, 1.165) is 35.4 Å². The van der Waals surface area contributed by atoms with Crippen molar-refractivity contribution < 1.29 is 9.90 Å². The van der Waals surface area contributed by atoms with Crippen LogP contribution in [-0.2, 0) is 6.42 Å². The maximum Gasteiger partial charge on any atom is 0.170 e. The molecule has 1 aromatic carbocycles. The zero-order valence-corrected chi connectivity index (χ0v) is 13.7. The standard InChI is InChI=1S/C18H18ClNO2/c1-10-8-11(9-13(19)16(10)21)14-5-4-12-15(20-14)6-7-18(2,3)17(12)22/h4-5,8-9,21H,6-7H2,1-3H3. The molecule has 3 nitrogen and oxygen atoms in total. The Hall–Kier alpha value is -1.87. The summed E-state index contributed by atoms with van der Waals surface area (Å²) < 4.78 is 0. The van der Waals surface area contributed by atoms with E-state index in [9.17, 15) is 9.90 Å². The number of carbonyl (C=O) groups excluding carboxylic acids is 1. The van der Waals surface area contributed by atoms with Gasteiger partial charge in [-0.3, -0.25) is 9.78 Å². The fourth-order valence-electron chi connectivity index (χ4n) is 2.85. The van der Waals surface area contributed by atoms with Gasteiger partial charge in [-0.25, -0.2) is 0 Å². The van der Waals surface area contributed by atoms with Crippen molar-refractivity contribution in [3.63, 3.8) is 0 Å². The van der Waals surface area contributed by atoms with Crippen LogP contribution in [0.3, 0.4) is 0 Å². The van der Waals surface area contributed by atoms with Crippen molar-refractivity contribution in [3.05, 3.63) is 46.1 Å². The fourth-order valence-corrected chi connectivity index (χ4v) is 3.12. The molecule has 0 spiro atoms. The third-order valence-corrected chi connectivity index (χ3v) is 4.66. The van der Waals surface area contributed by atoms with Gasteiger partial charge < -0.3 is 5.11 Å². The highest BCUT2D eigenvalue weighted by atomic mass is 35.5. The second-order valence-electron chi connectivity index (χ2n) is 6.53. The molecule has 4 heteroatoms. The summed E-state index contributed by atoms with van der Waals surface area (Å²) in [6, 6.07) is 7.26. The second-order valence-corrected chi connectivity index (χ2v) is 6.93. The predicted octanol–water partition coefficient (Wildman–Crippen LogP) is 4.57. The van der Waals surface area contributed by atoms with Gasteiger partial charge in [-0.15, -0.1) is 0 Å². The number of carbonyl (C=O) groups is 1. The van der Waals surface area contributed by atoms with Gasteiger partial charge in [-0.1, -0.05) is 25.4 Å². The molecule has 114 valence electrons. The van der Waals surface area contributed by atoms with Crippen molar-refractivity contribution in [2.45, 2.75) is 33.6 Å². The number of aryl methyl sites for hydroxylation is 2. The Balaban J connectivity index is 2.07. The molecule has 0 saturated carbocycles. The molecule has 1 N–H and O–H groups in total. The lowest BCUT2D eigenvalue weighted by Crippen LogP contribution is -2.31. The molecule has 0 unspecified atom stereocenters. The van der Waals surface area contributed by atoms with Gasteiger partial charge >= 0.3 is 0 Å². The Morgan fingerprint density at radius 3 is 2.68 bits per heavy atom. The van der Waals surface area contributed by atoms with Gasteiger partial charge in [0.25, 0.3) is 0 Å². The molecule has 1 aliphatic rings. The smallest absolute Gasteiger partial charge is 0.170 e. The highest BCUT2D eigenvalue weighted by Crippen LogP contribution is 2.36. The Kier molecular flexibility index (Phi) is 3.48. The van der Waals surface area contributed by atoms with Crippen molar-refractivity contribution in [2.75, 3.05) is 0 Å². The van der Waals surface area contributed by atoms with Crippen LogP contribution in [0.5, 0.6) is 5.75 Å². The highest BCUT2D eigenvalue weighted by Gasteiger charge is 2.34. The lowest BCUT2D eigenvalue weighted by atomic mass is 9.75. The fraction of sp³-hybridized carbons (Fsp3) is 0.333. The number of hydrogen-bond donors (Lipinski definition) is 1. The molecular formula is C18H18ClNO2. The lowest BCUT2D eigenvalue weighted by molar-refractivity contribution is 0.0809. The molecular weight excluding hydrogens is 298 g/mol. The molecule has 2 aromatic rings. The van der Waals surface area contributed by atoms with E-state index in [2.05, 4.69) is 4.98 Å². The second kappa shape index (κ2) is 5.10. The zero-order chi connectivity index (χ0) is 16.1. The zero-order valence-electron chi connectivity index (χ0n) is 12.9. The SMILES string of the molecule is Cc1cc(-c2ccc3c(n2)CCC(C)(C)C3=O)cc(Cl)c1O. The quantitative estimate of drug-likeness (QED) is 0.838. The summed E-state index contributed by atoms with van der Waals surface area (Å²) in [5.41, 5.74) is 3.59. The molecule has 0 saturated heterocycles. The maximum atomic E-state index is 12.4. The van der Waals surface area contributed by atoms with Gasteiger partial charge in [0.1, 0.15) is 5.75 Å². The molecule has 0 atom stereocenters. The minimum atomic E-state index is -0.311. The number of aromatic nitrogens is 1. The number of halogens is 1. The van der Waals surface area contributed by atoms with Crippen LogP contribution in [0.2, 0.25) is 5.02 Å². The van der Waals surface area contributed by atoms with Crippen LogP contribution in [0.1, 0.15) is 41.9 Å². The number of aromatic hydroxyl groups is 1. The molecule has 0 amide bonds. The molecule has 0 fully saturated rings. The number of phenolic OH excluding ortho intramolecular Hbond substituents is 1. The van der Waals surface area contributed by atoms with Crippen LogP contribution < -0.4 is 0 Å². The van der Waals surface area contributed by atoms with Crippen LogP contribution in [0, 0.1) is 12.3 Å². The van der Waals surface area contributed by atoms with Crippen molar-refractivity contribution in [2.24, 2.45) is 5.41 Å². The number of nitrogens with zero attached hydrogens (tertiary/aromatic N) is 1.